The van der Waals surface area contributed by atoms with Crippen molar-refractivity contribution in [2.24, 2.45) is 20.0 Å². The zero-order valence-corrected chi connectivity index (χ0v) is 25.3. The highest BCUT2D eigenvalue weighted by molar-refractivity contribution is 5.85. The van der Waals surface area contributed by atoms with Gasteiger partial charge in [0.2, 0.25) is 0 Å². The number of para-hydroxylation sites is 4. The number of phenolic OH excluding ortho intramolecular Hbond substituents is 4. The first-order valence-corrected chi connectivity index (χ1v) is 15.2. The number of hydrogen-bond donors (Lipinski definition) is 4. The van der Waals surface area contributed by atoms with Gasteiger partial charge in [0, 0.05) is 47.1 Å². The predicted molar refractivity (Wildman–Crippen MR) is 184 cm³/mol. The van der Waals surface area contributed by atoms with Crippen LogP contribution in [0, 0.1) is 0 Å². The fraction of sp³-hybridized carbons (Fsp3) is 0.243. The molecule has 0 atom stereocenters. The molecule has 0 saturated carbocycles. The number of phenols is 4. The molecule has 0 heterocycles. The largest absolute Gasteiger partial charge is 0.507 e. The molecule has 0 aromatic heterocycles. The molecule has 0 aliphatic rings. The van der Waals surface area contributed by atoms with E-state index >= 15 is 0 Å². The van der Waals surface area contributed by atoms with Gasteiger partial charge in [-0.3, -0.25) is 20.0 Å². The Hall–Kier alpha value is -5.24. The molecule has 0 aliphatic carbocycles. The van der Waals surface area contributed by atoms with Gasteiger partial charge in [0.05, 0.1) is 26.2 Å². The zero-order valence-electron chi connectivity index (χ0n) is 25.3. The smallest absolute Gasteiger partial charge is 0.127 e. The van der Waals surface area contributed by atoms with Crippen molar-refractivity contribution in [2.45, 2.75) is 32.1 Å². The third-order valence-electron chi connectivity index (χ3n) is 7.21. The quantitative estimate of drug-likeness (QED) is 0.0854. The molecule has 0 spiro atoms. The Kier molecular flexibility index (Phi) is 12.9. The lowest BCUT2D eigenvalue weighted by Crippen LogP contribution is -1.95. The molecule has 0 saturated heterocycles. The molecule has 232 valence electrons. The van der Waals surface area contributed by atoms with Crippen LogP contribution < -0.4 is 0 Å². The maximum Gasteiger partial charge on any atom is 0.127 e. The van der Waals surface area contributed by atoms with E-state index in [1.54, 1.807) is 61.3 Å². The van der Waals surface area contributed by atoms with Crippen LogP contribution in [0.4, 0.5) is 0 Å². The van der Waals surface area contributed by atoms with Gasteiger partial charge in [-0.25, -0.2) is 0 Å². The second-order valence-electron chi connectivity index (χ2n) is 10.5. The molecule has 4 N–H and O–H groups in total. The normalized spacial score (nSPS) is 11.9. The van der Waals surface area contributed by atoms with Gasteiger partial charge in [0.1, 0.15) is 23.0 Å². The van der Waals surface area contributed by atoms with Gasteiger partial charge in [-0.2, -0.15) is 0 Å². The summed E-state index contributed by atoms with van der Waals surface area (Å²) in [4.78, 5) is 17.4. The average molecular weight is 605 g/mol. The van der Waals surface area contributed by atoms with Crippen LogP contribution in [0.25, 0.3) is 0 Å². The second-order valence-corrected chi connectivity index (χ2v) is 10.5. The Labute approximate surface area is 264 Å². The Bertz CT molecular complexity index is 1520. The highest BCUT2D eigenvalue weighted by atomic mass is 16.3. The molecule has 0 bridgehead atoms. The maximum absolute atomic E-state index is 10.7. The molecule has 8 nitrogen and oxygen atoms in total. The van der Waals surface area contributed by atoms with E-state index in [0.29, 0.717) is 48.4 Å². The van der Waals surface area contributed by atoms with E-state index in [4.69, 9.17) is 0 Å². The Morgan fingerprint density at radius 2 is 0.756 bits per heavy atom. The first-order chi connectivity index (χ1) is 22.0. The SMILES string of the molecule is Oc1ccccc1C=NCCN=Cc1cccc(CCCCCc2cccc(C=NCCN=Cc3ccccc3O)c2O)c1O. The summed E-state index contributed by atoms with van der Waals surface area (Å²) in [6.45, 7) is 1.91. The Balaban J connectivity index is 1.17. The van der Waals surface area contributed by atoms with Crippen molar-refractivity contribution < 1.29 is 20.4 Å². The first kappa shape index (κ1) is 32.7. The lowest BCUT2D eigenvalue weighted by atomic mass is 10.00. The van der Waals surface area contributed by atoms with Gasteiger partial charge >= 0.3 is 0 Å². The summed E-state index contributed by atoms with van der Waals surface area (Å²) >= 11 is 0. The average Bonchev–Trinajstić information content (AvgIpc) is 3.04. The number of benzene rings is 4. The summed E-state index contributed by atoms with van der Waals surface area (Å²) in [5, 5.41) is 41.1. The van der Waals surface area contributed by atoms with Gasteiger partial charge in [-0.05, 0) is 73.2 Å². The van der Waals surface area contributed by atoms with E-state index < -0.39 is 0 Å². The van der Waals surface area contributed by atoms with E-state index in [1.807, 2.05) is 48.5 Å². The standard InChI is InChI=1S/C37H40N4O4/c42-34-18-6-4-12-30(34)24-38-20-22-40-26-32-16-8-14-28(36(32)44)10-2-1-3-11-29-15-9-17-33(37(29)45)27-41-23-21-39-25-31-13-5-7-19-35(31)43/h4-9,12-19,24-27,42-45H,1-3,10-11,20-23H2. The minimum atomic E-state index is 0.196. The molecular weight excluding hydrogens is 564 g/mol. The summed E-state index contributed by atoms with van der Waals surface area (Å²) in [7, 11) is 0. The molecule has 45 heavy (non-hydrogen) atoms. The van der Waals surface area contributed by atoms with Crippen molar-refractivity contribution in [3.8, 4) is 23.0 Å². The number of hydrogen-bond acceptors (Lipinski definition) is 8. The van der Waals surface area contributed by atoms with Gasteiger partial charge in [0.15, 0.2) is 0 Å². The molecule has 0 fully saturated rings. The number of rotatable bonds is 16. The third kappa shape index (κ3) is 10.5. The molecule has 0 unspecified atom stereocenters. The summed E-state index contributed by atoms with van der Waals surface area (Å²) in [6.07, 6.45) is 10.9. The Morgan fingerprint density at radius 1 is 0.400 bits per heavy atom. The van der Waals surface area contributed by atoms with Crippen LogP contribution in [0.1, 0.15) is 52.6 Å². The molecule has 0 radical (unpaired) electrons. The van der Waals surface area contributed by atoms with Crippen molar-refractivity contribution in [3.05, 3.63) is 118 Å². The molecule has 0 amide bonds. The van der Waals surface area contributed by atoms with Crippen molar-refractivity contribution in [1.82, 2.24) is 0 Å². The van der Waals surface area contributed by atoms with Crippen LogP contribution in [0.2, 0.25) is 0 Å². The Morgan fingerprint density at radius 3 is 1.16 bits per heavy atom. The lowest BCUT2D eigenvalue weighted by molar-refractivity contribution is 0.463. The molecular formula is C37H40N4O4. The number of aromatic hydroxyl groups is 4. The van der Waals surface area contributed by atoms with Gasteiger partial charge in [-0.1, -0.05) is 55.0 Å². The molecule has 4 aromatic rings. The summed E-state index contributed by atoms with van der Waals surface area (Å²) in [5.74, 6) is 0.905. The number of unbranched alkanes of at least 4 members (excludes halogenated alkanes) is 2. The van der Waals surface area contributed by atoms with Crippen LogP contribution in [0.3, 0.4) is 0 Å². The minimum Gasteiger partial charge on any atom is -0.507 e. The highest BCUT2D eigenvalue weighted by Gasteiger charge is 2.07. The van der Waals surface area contributed by atoms with E-state index in [9.17, 15) is 20.4 Å². The van der Waals surface area contributed by atoms with Crippen LogP contribution in [-0.4, -0.2) is 71.5 Å². The van der Waals surface area contributed by atoms with Crippen molar-refractivity contribution in [3.63, 3.8) is 0 Å². The molecule has 4 aromatic carbocycles. The number of nitrogens with zero attached hydrogens (tertiary/aromatic N) is 4. The van der Waals surface area contributed by atoms with Crippen molar-refractivity contribution in [1.29, 1.82) is 0 Å². The van der Waals surface area contributed by atoms with Crippen LogP contribution in [0.5, 0.6) is 23.0 Å². The van der Waals surface area contributed by atoms with Crippen LogP contribution >= 0.6 is 0 Å². The summed E-state index contributed by atoms with van der Waals surface area (Å²) < 4.78 is 0. The topological polar surface area (TPSA) is 130 Å². The lowest BCUT2D eigenvalue weighted by Gasteiger charge is -2.09. The van der Waals surface area contributed by atoms with Crippen LogP contribution in [-0.2, 0) is 12.8 Å². The van der Waals surface area contributed by atoms with Gasteiger partial charge < -0.3 is 20.4 Å². The minimum absolute atomic E-state index is 0.196. The van der Waals surface area contributed by atoms with E-state index in [2.05, 4.69) is 20.0 Å². The molecule has 8 heteroatoms. The molecule has 4 rings (SSSR count). The zero-order chi connectivity index (χ0) is 31.7. The third-order valence-corrected chi connectivity index (χ3v) is 7.21. The first-order valence-electron chi connectivity index (χ1n) is 15.2. The number of aryl methyl sites for hydroxylation is 2. The van der Waals surface area contributed by atoms with Crippen molar-refractivity contribution >= 4 is 24.9 Å². The molecule has 0 aliphatic heterocycles. The van der Waals surface area contributed by atoms with Gasteiger partial charge in [-0.15, -0.1) is 0 Å². The fourth-order valence-corrected chi connectivity index (χ4v) is 4.72. The fourth-order valence-electron chi connectivity index (χ4n) is 4.72. The summed E-state index contributed by atoms with van der Waals surface area (Å²) in [6, 6.07) is 25.5. The maximum atomic E-state index is 10.7. The number of aliphatic imine (C=N–C) groups is 4. The predicted octanol–water partition coefficient (Wildman–Crippen LogP) is 6.54. The summed E-state index contributed by atoms with van der Waals surface area (Å²) in [5.41, 5.74) is 4.49. The second kappa shape index (κ2) is 17.8. The van der Waals surface area contributed by atoms with Crippen molar-refractivity contribution in [2.75, 3.05) is 26.2 Å². The van der Waals surface area contributed by atoms with E-state index in [-0.39, 0.29) is 23.0 Å². The van der Waals surface area contributed by atoms with Gasteiger partial charge in [0.25, 0.3) is 0 Å². The monoisotopic (exact) mass is 604 g/mol. The highest BCUT2D eigenvalue weighted by Crippen LogP contribution is 2.25. The van der Waals surface area contributed by atoms with E-state index in [0.717, 1.165) is 43.2 Å². The van der Waals surface area contributed by atoms with E-state index in [1.165, 1.54) is 0 Å². The van der Waals surface area contributed by atoms with Crippen LogP contribution in [0.15, 0.2) is 105 Å².